The van der Waals surface area contributed by atoms with Crippen LogP contribution in [0.3, 0.4) is 0 Å². The molecule has 0 unspecified atom stereocenters. The van der Waals surface area contributed by atoms with E-state index in [-0.39, 0.29) is 6.04 Å². The van der Waals surface area contributed by atoms with Crippen molar-refractivity contribution >= 4 is 23.0 Å². The molecule has 4 nitrogen and oxygen atoms in total. The Balaban J connectivity index is 1.71. The molecular formula is C24H25N3O. The lowest BCUT2D eigenvalue weighted by molar-refractivity contribution is 0.292. The van der Waals surface area contributed by atoms with Gasteiger partial charge in [0.15, 0.2) is 0 Å². The number of nitrogens with zero attached hydrogens (tertiary/aromatic N) is 1. The predicted molar refractivity (Wildman–Crippen MR) is 117 cm³/mol. The number of nitrogens with one attached hydrogen (secondary N) is 1. The molecule has 1 aliphatic rings. The molecule has 1 aliphatic heterocycles. The quantitative estimate of drug-likeness (QED) is 0.584. The largest absolute Gasteiger partial charge is 0.475 e. The molecule has 0 saturated carbocycles. The summed E-state index contributed by atoms with van der Waals surface area (Å²) in [5.74, 6) is 1.16. The zero-order chi connectivity index (χ0) is 19.5. The van der Waals surface area contributed by atoms with Gasteiger partial charge in [-0.15, -0.1) is 0 Å². The van der Waals surface area contributed by atoms with Crippen molar-refractivity contribution in [3.63, 3.8) is 0 Å². The summed E-state index contributed by atoms with van der Waals surface area (Å²) >= 11 is 0. The molecule has 4 heteroatoms. The summed E-state index contributed by atoms with van der Waals surface area (Å²) in [5.41, 5.74) is 12.0. The van der Waals surface area contributed by atoms with E-state index in [4.69, 9.17) is 15.5 Å². The first kappa shape index (κ1) is 18.1. The predicted octanol–water partition coefficient (Wildman–Crippen LogP) is 5.48. The Kier molecular flexibility index (Phi) is 5.02. The van der Waals surface area contributed by atoms with Crippen LogP contribution in [0.2, 0.25) is 0 Å². The lowest BCUT2D eigenvalue weighted by Crippen LogP contribution is -2.13. The SMILES string of the molecule is CC(C)[C@H]1COC(c2ccccc2Nc2ccccc2-c2ccccc2N)=N1. The molecular weight excluding hydrogens is 346 g/mol. The van der Waals surface area contributed by atoms with Crippen LogP contribution < -0.4 is 11.1 Å². The number of rotatable bonds is 5. The molecule has 0 bridgehead atoms. The van der Waals surface area contributed by atoms with E-state index in [0.717, 1.165) is 33.8 Å². The molecule has 0 fully saturated rings. The van der Waals surface area contributed by atoms with Crippen LogP contribution in [0.25, 0.3) is 11.1 Å². The second kappa shape index (κ2) is 7.77. The number of hydrogen-bond donors (Lipinski definition) is 2. The highest BCUT2D eigenvalue weighted by Gasteiger charge is 2.24. The van der Waals surface area contributed by atoms with Crippen LogP contribution in [-0.2, 0) is 4.74 Å². The molecule has 0 aliphatic carbocycles. The second-order valence-corrected chi connectivity index (χ2v) is 7.36. The second-order valence-electron chi connectivity index (χ2n) is 7.36. The third-order valence-electron chi connectivity index (χ3n) is 5.05. The van der Waals surface area contributed by atoms with Gasteiger partial charge < -0.3 is 15.8 Å². The van der Waals surface area contributed by atoms with Crippen molar-refractivity contribution in [1.82, 2.24) is 0 Å². The summed E-state index contributed by atoms with van der Waals surface area (Å²) < 4.78 is 5.92. The molecule has 0 radical (unpaired) electrons. The maximum absolute atomic E-state index is 6.22. The molecule has 3 aromatic carbocycles. The van der Waals surface area contributed by atoms with Crippen molar-refractivity contribution in [3.8, 4) is 11.1 Å². The van der Waals surface area contributed by atoms with E-state index in [9.17, 15) is 0 Å². The highest BCUT2D eigenvalue weighted by molar-refractivity contribution is 6.01. The molecule has 142 valence electrons. The van der Waals surface area contributed by atoms with Gasteiger partial charge in [-0.3, -0.25) is 0 Å². The summed E-state index contributed by atoms with van der Waals surface area (Å²) in [6.07, 6.45) is 0. The number of hydrogen-bond acceptors (Lipinski definition) is 4. The summed E-state index contributed by atoms with van der Waals surface area (Å²) in [5, 5.41) is 3.57. The smallest absolute Gasteiger partial charge is 0.218 e. The standard InChI is InChI=1S/C24H25N3O/c1-16(2)23-15-28-24(27-23)19-11-5-8-14-22(19)26-21-13-7-4-10-18(21)17-9-3-6-12-20(17)25/h3-14,16,23,26H,15,25H2,1-2H3/t23-/m1/s1. The van der Waals surface area contributed by atoms with Crippen LogP contribution in [-0.4, -0.2) is 18.5 Å². The van der Waals surface area contributed by atoms with Gasteiger partial charge >= 0.3 is 0 Å². The first-order valence-electron chi connectivity index (χ1n) is 9.64. The first-order valence-corrected chi connectivity index (χ1v) is 9.64. The highest BCUT2D eigenvalue weighted by atomic mass is 16.5. The molecule has 28 heavy (non-hydrogen) atoms. The zero-order valence-electron chi connectivity index (χ0n) is 16.2. The average Bonchev–Trinajstić information content (AvgIpc) is 3.20. The number of nitrogen functional groups attached to an aromatic ring is 1. The van der Waals surface area contributed by atoms with Gasteiger partial charge in [-0.25, -0.2) is 4.99 Å². The summed E-state index contributed by atoms with van der Waals surface area (Å²) in [4.78, 5) is 4.79. The van der Waals surface area contributed by atoms with E-state index in [0.29, 0.717) is 18.4 Å². The molecule has 3 aromatic rings. The monoisotopic (exact) mass is 371 g/mol. The third kappa shape index (κ3) is 3.58. The van der Waals surface area contributed by atoms with Crippen LogP contribution >= 0.6 is 0 Å². The minimum Gasteiger partial charge on any atom is -0.475 e. The number of ether oxygens (including phenoxy) is 1. The van der Waals surface area contributed by atoms with Gasteiger partial charge in [0.05, 0.1) is 17.3 Å². The van der Waals surface area contributed by atoms with Crippen LogP contribution in [0.4, 0.5) is 17.1 Å². The lowest BCUT2D eigenvalue weighted by atomic mass is 10.0. The van der Waals surface area contributed by atoms with Gasteiger partial charge in [0.2, 0.25) is 5.90 Å². The maximum atomic E-state index is 6.22. The number of benzene rings is 3. The topological polar surface area (TPSA) is 59.6 Å². The summed E-state index contributed by atoms with van der Waals surface area (Å²) in [7, 11) is 0. The minimum absolute atomic E-state index is 0.208. The molecule has 3 N–H and O–H groups in total. The zero-order valence-corrected chi connectivity index (χ0v) is 16.2. The number of anilines is 3. The fourth-order valence-corrected chi connectivity index (χ4v) is 3.37. The van der Waals surface area contributed by atoms with E-state index >= 15 is 0 Å². The fourth-order valence-electron chi connectivity index (χ4n) is 3.37. The van der Waals surface area contributed by atoms with E-state index in [1.165, 1.54) is 0 Å². The Hall–Kier alpha value is -3.27. The van der Waals surface area contributed by atoms with Gasteiger partial charge in [0.25, 0.3) is 0 Å². The molecule has 0 saturated heterocycles. The summed E-state index contributed by atoms with van der Waals surface area (Å²) in [6, 6.07) is 24.4. The average molecular weight is 371 g/mol. The van der Waals surface area contributed by atoms with Gasteiger partial charge in [-0.2, -0.15) is 0 Å². The van der Waals surface area contributed by atoms with Crippen LogP contribution in [0.15, 0.2) is 77.8 Å². The van der Waals surface area contributed by atoms with Crippen molar-refractivity contribution in [2.24, 2.45) is 10.9 Å². The fraction of sp³-hybridized carbons (Fsp3) is 0.208. The summed E-state index contributed by atoms with van der Waals surface area (Å²) in [6.45, 7) is 4.98. The normalized spacial score (nSPS) is 16.0. The number of nitrogens with two attached hydrogens (primary N) is 1. The first-order chi connectivity index (χ1) is 13.6. The lowest BCUT2D eigenvalue weighted by Gasteiger charge is -2.16. The molecule has 0 aromatic heterocycles. The van der Waals surface area contributed by atoms with Crippen molar-refractivity contribution in [1.29, 1.82) is 0 Å². The Bertz CT molecular complexity index is 1010. The van der Waals surface area contributed by atoms with E-state index in [1.807, 2.05) is 54.6 Å². The molecule has 1 heterocycles. The van der Waals surface area contributed by atoms with E-state index < -0.39 is 0 Å². The number of aliphatic imine (C=N–C) groups is 1. The van der Waals surface area contributed by atoms with Crippen molar-refractivity contribution < 1.29 is 4.74 Å². The van der Waals surface area contributed by atoms with E-state index in [2.05, 4.69) is 37.4 Å². The third-order valence-corrected chi connectivity index (χ3v) is 5.05. The van der Waals surface area contributed by atoms with Crippen LogP contribution in [0.5, 0.6) is 0 Å². The minimum atomic E-state index is 0.208. The Morgan fingerprint density at radius 3 is 2.07 bits per heavy atom. The number of para-hydroxylation sites is 3. The maximum Gasteiger partial charge on any atom is 0.218 e. The van der Waals surface area contributed by atoms with Crippen LogP contribution in [0.1, 0.15) is 19.4 Å². The van der Waals surface area contributed by atoms with Gasteiger partial charge in [-0.05, 0) is 30.2 Å². The van der Waals surface area contributed by atoms with Gasteiger partial charge in [0, 0.05) is 22.5 Å². The highest BCUT2D eigenvalue weighted by Crippen LogP contribution is 2.34. The molecule has 1 atom stereocenters. The Labute approximate surface area is 166 Å². The van der Waals surface area contributed by atoms with E-state index in [1.54, 1.807) is 0 Å². The van der Waals surface area contributed by atoms with Crippen molar-refractivity contribution in [3.05, 3.63) is 78.4 Å². The Morgan fingerprint density at radius 2 is 1.43 bits per heavy atom. The molecule has 0 spiro atoms. The van der Waals surface area contributed by atoms with Crippen LogP contribution in [0, 0.1) is 5.92 Å². The Morgan fingerprint density at radius 1 is 0.857 bits per heavy atom. The molecule has 4 rings (SSSR count). The van der Waals surface area contributed by atoms with Crippen molar-refractivity contribution in [2.45, 2.75) is 19.9 Å². The van der Waals surface area contributed by atoms with Gasteiger partial charge in [-0.1, -0.05) is 62.4 Å². The van der Waals surface area contributed by atoms with Gasteiger partial charge in [0.1, 0.15) is 6.61 Å². The molecule has 0 amide bonds. The van der Waals surface area contributed by atoms with Crippen molar-refractivity contribution in [2.75, 3.05) is 17.7 Å².